The van der Waals surface area contributed by atoms with E-state index in [1.165, 1.54) is 0 Å². The molecule has 0 radical (unpaired) electrons. The molecule has 1 fully saturated rings. The lowest BCUT2D eigenvalue weighted by molar-refractivity contribution is 0.00578. The fourth-order valence-corrected chi connectivity index (χ4v) is 2.69. The summed E-state index contributed by atoms with van der Waals surface area (Å²) >= 11 is 0. The first-order valence-electron chi connectivity index (χ1n) is 8.36. The van der Waals surface area contributed by atoms with Crippen LogP contribution in [0.1, 0.15) is 38.8 Å². The number of nitriles is 1. The first kappa shape index (κ1) is 17.5. The van der Waals surface area contributed by atoms with Crippen molar-refractivity contribution in [1.29, 1.82) is 5.26 Å². The Morgan fingerprint density at radius 2 is 1.72 bits per heavy atom. The molecule has 1 saturated heterocycles. The molecule has 0 bridgehead atoms. The smallest absolute Gasteiger partial charge is 0.399 e. The predicted molar refractivity (Wildman–Crippen MR) is 98.4 cm³/mol. The summed E-state index contributed by atoms with van der Waals surface area (Å²) in [6, 6.07) is 14.0. The SMILES string of the molecule is CC1(C)OB(c2c(C#N)ccnc2NCc2ccccc2)OC1(C)C. The Kier molecular flexibility index (Phi) is 4.55. The summed E-state index contributed by atoms with van der Waals surface area (Å²) in [7, 11) is -0.633. The number of aromatic nitrogens is 1. The number of benzene rings is 1. The first-order valence-corrected chi connectivity index (χ1v) is 8.36. The highest BCUT2D eigenvalue weighted by Crippen LogP contribution is 2.37. The molecule has 1 N–H and O–H groups in total. The van der Waals surface area contributed by atoms with Crippen LogP contribution in [0.15, 0.2) is 42.6 Å². The summed E-state index contributed by atoms with van der Waals surface area (Å²) in [5.74, 6) is 0.612. The van der Waals surface area contributed by atoms with Gasteiger partial charge in [0.15, 0.2) is 0 Å². The summed E-state index contributed by atoms with van der Waals surface area (Å²) in [5, 5.41) is 12.8. The summed E-state index contributed by atoms with van der Waals surface area (Å²) in [4.78, 5) is 4.42. The number of nitrogens with zero attached hydrogens (tertiary/aromatic N) is 2. The number of hydrogen-bond acceptors (Lipinski definition) is 5. The summed E-state index contributed by atoms with van der Waals surface area (Å²) in [5.41, 5.74) is 1.34. The summed E-state index contributed by atoms with van der Waals surface area (Å²) in [6.07, 6.45) is 1.63. The molecule has 1 aromatic heterocycles. The Balaban J connectivity index is 1.92. The Hall–Kier alpha value is -2.36. The van der Waals surface area contributed by atoms with E-state index in [4.69, 9.17) is 9.31 Å². The molecule has 25 heavy (non-hydrogen) atoms. The van der Waals surface area contributed by atoms with Gasteiger partial charge in [0.2, 0.25) is 0 Å². The quantitative estimate of drug-likeness (QED) is 0.871. The van der Waals surface area contributed by atoms with Gasteiger partial charge in [-0.1, -0.05) is 30.3 Å². The van der Waals surface area contributed by atoms with Crippen LogP contribution in [0.3, 0.4) is 0 Å². The van der Waals surface area contributed by atoms with Crippen LogP contribution >= 0.6 is 0 Å². The van der Waals surface area contributed by atoms with Crippen molar-refractivity contribution in [3.05, 3.63) is 53.7 Å². The highest BCUT2D eigenvalue weighted by molar-refractivity contribution is 6.64. The van der Waals surface area contributed by atoms with E-state index in [0.717, 1.165) is 5.56 Å². The maximum Gasteiger partial charge on any atom is 0.500 e. The van der Waals surface area contributed by atoms with Gasteiger partial charge in [0.25, 0.3) is 0 Å². The molecule has 1 aromatic carbocycles. The van der Waals surface area contributed by atoms with Gasteiger partial charge in [0.05, 0.1) is 22.8 Å². The molecule has 2 heterocycles. The van der Waals surface area contributed by atoms with Crippen molar-refractivity contribution in [3.8, 4) is 6.07 Å². The lowest BCUT2D eigenvalue weighted by Crippen LogP contribution is -2.41. The number of hydrogen-bond donors (Lipinski definition) is 1. The molecule has 0 spiro atoms. The van der Waals surface area contributed by atoms with Gasteiger partial charge < -0.3 is 14.6 Å². The highest BCUT2D eigenvalue weighted by Gasteiger charge is 2.53. The first-order chi connectivity index (χ1) is 11.8. The minimum absolute atomic E-state index is 0.475. The average Bonchev–Trinajstić information content (AvgIpc) is 2.81. The molecule has 0 unspecified atom stereocenters. The Bertz CT molecular complexity index is 784. The molecule has 6 heteroatoms. The van der Waals surface area contributed by atoms with Gasteiger partial charge in [0.1, 0.15) is 5.82 Å². The predicted octanol–water partition coefficient (Wildman–Crippen LogP) is 2.86. The highest BCUT2D eigenvalue weighted by atomic mass is 16.7. The average molecular weight is 335 g/mol. The number of nitrogens with one attached hydrogen (secondary N) is 1. The zero-order valence-electron chi connectivity index (χ0n) is 15.0. The normalized spacial score (nSPS) is 18.0. The molecule has 0 aliphatic carbocycles. The number of pyridine rings is 1. The molecule has 3 rings (SSSR count). The zero-order chi connectivity index (χ0) is 18.1. The molecule has 1 aliphatic rings. The zero-order valence-corrected chi connectivity index (χ0v) is 15.0. The molecular formula is C19H22BN3O2. The standard InChI is InChI=1S/C19H22BN3O2/c1-18(2)19(3,4)25-20(24-18)16-15(12-21)10-11-22-17(16)23-13-14-8-6-5-7-9-14/h5-11H,13H2,1-4H3,(H,22,23). The minimum atomic E-state index is -0.633. The Morgan fingerprint density at radius 3 is 2.32 bits per heavy atom. The van der Waals surface area contributed by atoms with Crippen molar-refractivity contribution in [3.63, 3.8) is 0 Å². The van der Waals surface area contributed by atoms with E-state index in [-0.39, 0.29) is 0 Å². The fourth-order valence-electron chi connectivity index (χ4n) is 2.69. The van der Waals surface area contributed by atoms with E-state index in [1.54, 1.807) is 12.3 Å². The van der Waals surface area contributed by atoms with Crippen LogP contribution in [0.2, 0.25) is 0 Å². The largest absolute Gasteiger partial charge is 0.500 e. The third kappa shape index (κ3) is 3.39. The molecule has 2 aromatic rings. The van der Waals surface area contributed by atoms with Crippen LogP contribution in [-0.4, -0.2) is 23.3 Å². The van der Waals surface area contributed by atoms with Crippen molar-refractivity contribution in [2.75, 3.05) is 5.32 Å². The van der Waals surface area contributed by atoms with E-state index < -0.39 is 18.3 Å². The van der Waals surface area contributed by atoms with Crippen molar-refractivity contribution < 1.29 is 9.31 Å². The van der Waals surface area contributed by atoms with Crippen LogP contribution < -0.4 is 10.8 Å². The molecule has 128 valence electrons. The van der Waals surface area contributed by atoms with Crippen molar-refractivity contribution in [2.45, 2.75) is 45.4 Å². The van der Waals surface area contributed by atoms with Crippen LogP contribution in [0.25, 0.3) is 0 Å². The van der Waals surface area contributed by atoms with Crippen LogP contribution in [0.4, 0.5) is 5.82 Å². The summed E-state index contributed by atoms with van der Waals surface area (Å²) < 4.78 is 12.3. The van der Waals surface area contributed by atoms with Gasteiger partial charge in [0, 0.05) is 18.2 Å². The van der Waals surface area contributed by atoms with E-state index in [9.17, 15) is 5.26 Å². The Morgan fingerprint density at radius 1 is 1.08 bits per heavy atom. The van der Waals surface area contributed by atoms with E-state index in [1.807, 2.05) is 58.0 Å². The monoisotopic (exact) mass is 335 g/mol. The van der Waals surface area contributed by atoms with Gasteiger partial charge in [-0.05, 0) is 39.3 Å². The minimum Gasteiger partial charge on any atom is -0.399 e. The third-order valence-corrected chi connectivity index (χ3v) is 4.90. The topological polar surface area (TPSA) is 67.2 Å². The number of rotatable bonds is 4. The third-order valence-electron chi connectivity index (χ3n) is 4.90. The van der Waals surface area contributed by atoms with Crippen molar-refractivity contribution in [1.82, 2.24) is 4.98 Å². The van der Waals surface area contributed by atoms with E-state index in [2.05, 4.69) is 16.4 Å². The molecule has 0 atom stereocenters. The van der Waals surface area contributed by atoms with Gasteiger partial charge in [-0.2, -0.15) is 5.26 Å². The van der Waals surface area contributed by atoms with Gasteiger partial charge in [-0.3, -0.25) is 0 Å². The number of anilines is 1. The fraction of sp³-hybridized carbons (Fsp3) is 0.368. The molecule has 5 nitrogen and oxygen atoms in total. The van der Waals surface area contributed by atoms with Crippen LogP contribution in [0, 0.1) is 11.3 Å². The molecule has 0 amide bonds. The van der Waals surface area contributed by atoms with Crippen LogP contribution in [0.5, 0.6) is 0 Å². The second-order valence-corrected chi connectivity index (χ2v) is 7.16. The maximum absolute atomic E-state index is 9.53. The maximum atomic E-state index is 9.53. The molecule has 0 saturated carbocycles. The van der Waals surface area contributed by atoms with Gasteiger partial charge in [-0.25, -0.2) is 4.98 Å². The van der Waals surface area contributed by atoms with Crippen molar-refractivity contribution >= 4 is 18.4 Å². The van der Waals surface area contributed by atoms with Crippen LogP contribution in [-0.2, 0) is 15.9 Å². The molecular weight excluding hydrogens is 313 g/mol. The van der Waals surface area contributed by atoms with E-state index in [0.29, 0.717) is 23.4 Å². The second-order valence-electron chi connectivity index (χ2n) is 7.16. The lowest BCUT2D eigenvalue weighted by atomic mass is 9.76. The van der Waals surface area contributed by atoms with E-state index >= 15 is 0 Å². The summed E-state index contributed by atoms with van der Waals surface area (Å²) in [6.45, 7) is 8.58. The van der Waals surface area contributed by atoms with Gasteiger partial charge in [-0.15, -0.1) is 0 Å². The van der Waals surface area contributed by atoms with Crippen molar-refractivity contribution in [2.24, 2.45) is 0 Å². The second kappa shape index (κ2) is 6.51. The molecule has 1 aliphatic heterocycles. The van der Waals surface area contributed by atoms with Gasteiger partial charge >= 0.3 is 7.12 Å². The lowest BCUT2D eigenvalue weighted by Gasteiger charge is -2.32. The Labute approximate surface area is 149 Å².